The SMILES string of the molecule is CCCCCCCCCCCCCCCCCCCCCCCCCCCCCCCCCCCCCC(=O)N[C@@H](CO)[C@H](O)CCCCCCCCCCCCCCCCCCC. The summed E-state index contributed by atoms with van der Waals surface area (Å²) in [4.78, 5) is 12.5. The van der Waals surface area contributed by atoms with E-state index in [0.29, 0.717) is 12.8 Å². The molecule has 0 unspecified atom stereocenters. The highest BCUT2D eigenvalue weighted by atomic mass is 16.3. The number of carbonyl (C=O) groups excluding carboxylic acids is 1. The molecule has 0 saturated carbocycles. The zero-order valence-corrected chi connectivity index (χ0v) is 44.3. The lowest BCUT2D eigenvalue weighted by atomic mass is 10.0. The summed E-state index contributed by atoms with van der Waals surface area (Å²) in [5.74, 6) is -0.0217. The molecule has 0 aliphatic rings. The van der Waals surface area contributed by atoms with Gasteiger partial charge in [-0.15, -0.1) is 0 Å². The molecule has 3 N–H and O–H groups in total. The van der Waals surface area contributed by atoms with E-state index in [-0.39, 0.29) is 12.5 Å². The number of hydrogen-bond donors (Lipinski definition) is 3. The van der Waals surface area contributed by atoms with Crippen molar-refractivity contribution >= 4 is 5.91 Å². The Hall–Kier alpha value is -0.610. The summed E-state index contributed by atoms with van der Waals surface area (Å²) >= 11 is 0. The Morgan fingerprint density at radius 1 is 0.312 bits per heavy atom. The van der Waals surface area contributed by atoms with E-state index in [1.165, 1.54) is 308 Å². The highest BCUT2D eigenvalue weighted by Crippen LogP contribution is 2.19. The number of hydrogen-bond acceptors (Lipinski definition) is 3. The van der Waals surface area contributed by atoms with Crippen molar-refractivity contribution in [2.45, 2.75) is 373 Å². The molecule has 0 spiro atoms. The van der Waals surface area contributed by atoms with Gasteiger partial charge >= 0.3 is 0 Å². The summed E-state index contributed by atoms with van der Waals surface area (Å²) in [5, 5.41) is 23.3. The first kappa shape index (κ1) is 63.4. The molecule has 0 aliphatic carbocycles. The second kappa shape index (κ2) is 56.7. The van der Waals surface area contributed by atoms with Gasteiger partial charge in [0, 0.05) is 6.42 Å². The van der Waals surface area contributed by atoms with Gasteiger partial charge in [0.15, 0.2) is 0 Å². The zero-order valence-electron chi connectivity index (χ0n) is 44.3. The first-order valence-corrected chi connectivity index (χ1v) is 30.2. The Bertz CT molecular complexity index is 849. The molecule has 1 amide bonds. The fourth-order valence-electron chi connectivity index (χ4n) is 10.0. The fourth-order valence-corrected chi connectivity index (χ4v) is 10.0. The summed E-state index contributed by atoms with van der Waals surface area (Å²) in [7, 11) is 0. The molecule has 4 heteroatoms. The third-order valence-electron chi connectivity index (χ3n) is 14.6. The fraction of sp³-hybridized carbons (Fsp3) is 0.983. The molecular weight excluding hydrogens is 783 g/mol. The molecule has 0 radical (unpaired) electrons. The number of carbonyl (C=O) groups is 1. The van der Waals surface area contributed by atoms with Crippen LogP contribution < -0.4 is 5.32 Å². The Balaban J connectivity index is 3.34. The van der Waals surface area contributed by atoms with E-state index in [0.717, 1.165) is 25.7 Å². The van der Waals surface area contributed by atoms with Crippen LogP contribution in [0.15, 0.2) is 0 Å². The van der Waals surface area contributed by atoms with E-state index in [1.807, 2.05) is 0 Å². The van der Waals surface area contributed by atoms with Gasteiger partial charge in [0.25, 0.3) is 0 Å². The highest BCUT2D eigenvalue weighted by molar-refractivity contribution is 5.76. The largest absolute Gasteiger partial charge is 0.394 e. The summed E-state index contributed by atoms with van der Waals surface area (Å²) in [6.45, 7) is 4.41. The number of amides is 1. The first-order chi connectivity index (χ1) is 31.7. The van der Waals surface area contributed by atoms with Crippen molar-refractivity contribution in [3.05, 3.63) is 0 Å². The maximum Gasteiger partial charge on any atom is 0.220 e. The number of aliphatic hydroxyl groups is 2. The van der Waals surface area contributed by atoms with Crippen molar-refractivity contribution in [1.82, 2.24) is 5.32 Å². The van der Waals surface area contributed by atoms with E-state index in [4.69, 9.17) is 0 Å². The number of unbranched alkanes of at least 4 members (excludes halogenated alkanes) is 50. The molecule has 0 aliphatic heterocycles. The minimum Gasteiger partial charge on any atom is -0.394 e. The van der Waals surface area contributed by atoms with Gasteiger partial charge in [-0.05, 0) is 12.8 Å². The normalized spacial score (nSPS) is 12.6. The maximum absolute atomic E-state index is 12.5. The van der Waals surface area contributed by atoms with E-state index in [1.54, 1.807) is 0 Å². The van der Waals surface area contributed by atoms with Gasteiger partial charge in [-0.25, -0.2) is 0 Å². The predicted octanol–water partition coefficient (Wildman–Crippen LogP) is 19.9. The smallest absolute Gasteiger partial charge is 0.220 e. The van der Waals surface area contributed by atoms with Gasteiger partial charge in [-0.3, -0.25) is 4.79 Å². The molecule has 0 heterocycles. The molecule has 64 heavy (non-hydrogen) atoms. The van der Waals surface area contributed by atoms with Crippen LogP contribution in [0.4, 0.5) is 0 Å². The van der Waals surface area contributed by atoms with Gasteiger partial charge in [0.2, 0.25) is 5.91 Å². The third kappa shape index (κ3) is 52.4. The van der Waals surface area contributed by atoms with Crippen molar-refractivity contribution in [3.63, 3.8) is 0 Å². The van der Waals surface area contributed by atoms with Crippen molar-refractivity contribution < 1.29 is 15.0 Å². The van der Waals surface area contributed by atoms with Gasteiger partial charge in [0.1, 0.15) is 0 Å². The van der Waals surface area contributed by atoms with Crippen molar-refractivity contribution in [2.75, 3.05) is 6.61 Å². The third-order valence-corrected chi connectivity index (χ3v) is 14.6. The molecule has 0 aromatic rings. The maximum atomic E-state index is 12.5. The zero-order chi connectivity index (χ0) is 46.3. The number of aliphatic hydroxyl groups excluding tert-OH is 2. The minimum absolute atomic E-state index is 0.0217. The second-order valence-corrected chi connectivity index (χ2v) is 21.1. The van der Waals surface area contributed by atoms with Gasteiger partial charge in [-0.1, -0.05) is 341 Å². The summed E-state index contributed by atoms with van der Waals surface area (Å²) in [6.07, 6.45) is 72.7. The van der Waals surface area contributed by atoms with Crippen LogP contribution >= 0.6 is 0 Å². The molecular formula is C60H121NO3. The van der Waals surface area contributed by atoms with Gasteiger partial charge in [-0.2, -0.15) is 0 Å². The van der Waals surface area contributed by atoms with Crippen molar-refractivity contribution in [1.29, 1.82) is 0 Å². The number of rotatable bonds is 57. The second-order valence-electron chi connectivity index (χ2n) is 21.1. The number of nitrogens with one attached hydrogen (secondary N) is 1. The molecule has 0 rings (SSSR count). The molecule has 0 bridgehead atoms. The summed E-state index contributed by atoms with van der Waals surface area (Å²) in [5.41, 5.74) is 0. The molecule has 0 aromatic heterocycles. The molecule has 0 saturated heterocycles. The van der Waals surface area contributed by atoms with Crippen molar-refractivity contribution in [2.24, 2.45) is 0 Å². The summed E-state index contributed by atoms with van der Waals surface area (Å²) in [6, 6.07) is -0.531. The van der Waals surface area contributed by atoms with Gasteiger partial charge < -0.3 is 15.5 Å². The molecule has 0 fully saturated rings. The summed E-state index contributed by atoms with van der Waals surface area (Å²) < 4.78 is 0. The quantitative estimate of drug-likeness (QED) is 0.0533. The average molecular weight is 905 g/mol. The average Bonchev–Trinajstić information content (AvgIpc) is 3.30. The van der Waals surface area contributed by atoms with E-state index in [9.17, 15) is 15.0 Å². The van der Waals surface area contributed by atoms with Crippen LogP contribution in [0.3, 0.4) is 0 Å². The molecule has 384 valence electrons. The van der Waals surface area contributed by atoms with E-state index in [2.05, 4.69) is 19.2 Å². The van der Waals surface area contributed by atoms with Crippen LogP contribution in [0, 0.1) is 0 Å². The minimum atomic E-state index is -0.654. The Kier molecular flexibility index (Phi) is 56.2. The lowest BCUT2D eigenvalue weighted by Gasteiger charge is -2.22. The van der Waals surface area contributed by atoms with Crippen LogP contribution in [-0.2, 0) is 4.79 Å². The van der Waals surface area contributed by atoms with Crippen LogP contribution in [0.25, 0.3) is 0 Å². The van der Waals surface area contributed by atoms with Gasteiger partial charge in [0.05, 0.1) is 18.8 Å². The standard InChI is InChI=1S/C60H121NO3/c1-3-5-7-9-11-13-15-17-19-21-22-23-24-25-26-27-28-29-30-31-32-33-34-35-36-37-38-40-42-44-46-48-50-52-54-56-60(64)61-58(57-62)59(63)55-53-51-49-47-45-43-41-39-20-18-16-14-12-10-8-6-4-2/h58-59,62-63H,3-57H2,1-2H3,(H,61,64)/t58-,59+/m0/s1. The van der Waals surface area contributed by atoms with Crippen LogP contribution in [0.1, 0.15) is 361 Å². The lowest BCUT2D eigenvalue weighted by molar-refractivity contribution is -0.123. The van der Waals surface area contributed by atoms with Crippen LogP contribution in [0.5, 0.6) is 0 Å². The Morgan fingerprint density at radius 2 is 0.500 bits per heavy atom. The first-order valence-electron chi connectivity index (χ1n) is 30.2. The topological polar surface area (TPSA) is 69.6 Å². The lowest BCUT2D eigenvalue weighted by Crippen LogP contribution is -2.45. The van der Waals surface area contributed by atoms with E-state index < -0.39 is 12.1 Å². The molecule has 2 atom stereocenters. The van der Waals surface area contributed by atoms with E-state index >= 15 is 0 Å². The highest BCUT2D eigenvalue weighted by Gasteiger charge is 2.20. The Morgan fingerprint density at radius 3 is 0.703 bits per heavy atom. The molecule has 4 nitrogen and oxygen atoms in total. The van der Waals surface area contributed by atoms with Crippen LogP contribution in [-0.4, -0.2) is 34.9 Å². The van der Waals surface area contributed by atoms with Crippen molar-refractivity contribution in [3.8, 4) is 0 Å². The Labute approximate surface area is 404 Å². The monoisotopic (exact) mass is 904 g/mol. The van der Waals surface area contributed by atoms with Crippen LogP contribution in [0.2, 0.25) is 0 Å². The predicted molar refractivity (Wildman–Crippen MR) is 286 cm³/mol. The molecule has 0 aromatic carbocycles.